The van der Waals surface area contributed by atoms with Crippen LogP contribution in [0.15, 0.2) is 34.3 Å². The molecule has 0 aromatic heterocycles. The molecular formula is C14H19BrClN. The Kier molecular flexibility index (Phi) is 6.24. The van der Waals surface area contributed by atoms with Gasteiger partial charge in [0, 0.05) is 9.50 Å². The van der Waals surface area contributed by atoms with Crippen LogP contribution in [0.4, 0.5) is 0 Å². The van der Waals surface area contributed by atoms with E-state index in [1.165, 1.54) is 11.1 Å². The van der Waals surface area contributed by atoms with Crippen LogP contribution in [0.25, 0.3) is 0 Å². The molecule has 0 fully saturated rings. The monoisotopic (exact) mass is 315 g/mol. The van der Waals surface area contributed by atoms with Gasteiger partial charge >= 0.3 is 0 Å². The first kappa shape index (κ1) is 14.7. The normalized spacial score (nSPS) is 12.3. The lowest BCUT2D eigenvalue weighted by molar-refractivity contribution is 0.608. The molecule has 0 aliphatic rings. The number of nitrogens with one attached hydrogen (secondary N) is 1. The molecule has 0 radical (unpaired) electrons. The fourth-order valence-corrected chi connectivity index (χ4v) is 2.57. The van der Waals surface area contributed by atoms with Crippen LogP contribution in [0.3, 0.4) is 0 Å². The van der Waals surface area contributed by atoms with Crippen molar-refractivity contribution in [3.63, 3.8) is 0 Å². The van der Waals surface area contributed by atoms with Gasteiger partial charge in [-0.15, -0.1) is 0 Å². The van der Waals surface area contributed by atoms with Crippen molar-refractivity contribution in [2.45, 2.75) is 33.2 Å². The molecule has 1 nitrogen and oxygen atoms in total. The fraction of sp³-hybridized carbons (Fsp3) is 0.429. The minimum Gasteiger partial charge on any atom is -0.307 e. The number of benzene rings is 1. The Morgan fingerprint density at radius 3 is 2.71 bits per heavy atom. The van der Waals surface area contributed by atoms with Gasteiger partial charge in [0.15, 0.2) is 0 Å². The van der Waals surface area contributed by atoms with Crippen LogP contribution in [0, 0.1) is 0 Å². The Labute approximate surface area is 117 Å². The average Bonchev–Trinajstić information content (AvgIpc) is 2.24. The number of hydrogen-bond acceptors (Lipinski definition) is 1. The first-order chi connectivity index (χ1) is 8.04. The highest BCUT2D eigenvalue weighted by Crippen LogP contribution is 2.28. The third-order valence-corrected chi connectivity index (χ3v) is 3.33. The van der Waals surface area contributed by atoms with Gasteiger partial charge in [-0.2, -0.15) is 0 Å². The largest absolute Gasteiger partial charge is 0.307 e. The lowest BCUT2D eigenvalue weighted by Crippen LogP contribution is -2.21. The predicted molar refractivity (Wildman–Crippen MR) is 79.6 cm³/mol. The smallest absolute Gasteiger partial charge is 0.0519 e. The van der Waals surface area contributed by atoms with Gasteiger partial charge in [0.1, 0.15) is 0 Å². The van der Waals surface area contributed by atoms with Gasteiger partial charge in [-0.05, 0) is 44.5 Å². The summed E-state index contributed by atoms with van der Waals surface area (Å²) in [6, 6.07) is 6.18. The quantitative estimate of drug-likeness (QED) is 0.744. The Morgan fingerprint density at radius 2 is 2.18 bits per heavy atom. The molecule has 1 aromatic rings. The second-order valence-corrected chi connectivity index (χ2v) is 5.63. The number of halogens is 2. The number of rotatable bonds is 5. The minimum absolute atomic E-state index is 0.242. The Hall–Kier alpha value is -0.310. The molecule has 0 heterocycles. The van der Waals surface area contributed by atoms with Gasteiger partial charge in [0.2, 0.25) is 0 Å². The summed E-state index contributed by atoms with van der Waals surface area (Å²) in [4.78, 5) is 0. The van der Waals surface area contributed by atoms with E-state index in [0.29, 0.717) is 0 Å². The zero-order valence-electron chi connectivity index (χ0n) is 10.6. The molecule has 1 aromatic carbocycles. The maximum Gasteiger partial charge on any atom is 0.0519 e. The van der Waals surface area contributed by atoms with Crippen molar-refractivity contribution in [1.82, 2.24) is 5.32 Å². The second kappa shape index (κ2) is 7.20. The lowest BCUT2D eigenvalue weighted by Gasteiger charge is -2.17. The standard InChI is InChI=1S/C14H19BrClN/c1-4-7-17-14(8-10(2)3)12-6-5-11(16)9-13(12)15/h5-6,8-9,14,17H,4,7H2,1-3H3. The SMILES string of the molecule is CCCNC(C=C(C)C)c1ccc(Cl)cc1Br. The predicted octanol–water partition coefficient (Wildman–Crippen LogP) is 5.11. The molecule has 1 N–H and O–H groups in total. The lowest BCUT2D eigenvalue weighted by atomic mass is 10.0. The first-order valence-corrected chi connectivity index (χ1v) is 7.05. The summed E-state index contributed by atoms with van der Waals surface area (Å²) in [6.07, 6.45) is 3.36. The van der Waals surface area contributed by atoms with E-state index in [1.54, 1.807) is 0 Å². The molecule has 0 spiro atoms. The van der Waals surface area contributed by atoms with Gasteiger partial charge in [-0.25, -0.2) is 0 Å². The average molecular weight is 317 g/mol. The van der Waals surface area contributed by atoms with Crippen molar-refractivity contribution in [1.29, 1.82) is 0 Å². The van der Waals surface area contributed by atoms with Gasteiger partial charge in [0.05, 0.1) is 6.04 Å². The van der Waals surface area contributed by atoms with Gasteiger partial charge in [-0.1, -0.05) is 52.2 Å². The molecule has 3 heteroatoms. The van der Waals surface area contributed by atoms with Crippen LogP contribution in [-0.2, 0) is 0 Å². The number of hydrogen-bond donors (Lipinski definition) is 1. The minimum atomic E-state index is 0.242. The molecule has 0 aliphatic carbocycles. The van der Waals surface area contributed by atoms with Crippen molar-refractivity contribution in [2.75, 3.05) is 6.54 Å². The van der Waals surface area contributed by atoms with Crippen LogP contribution in [0.5, 0.6) is 0 Å². The first-order valence-electron chi connectivity index (χ1n) is 5.88. The zero-order valence-corrected chi connectivity index (χ0v) is 12.9. The van der Waals surface area contributed by atoms with Crippen molar-refractivity contribution in [3.8, 4) is 0 Å². The van der Waals surface area contributed by atoms with E-state index in [4.69, 9.17) is 11.6 Å². The molecule has 1 atom stereocenters. The Bertz CT molecular complexity index is 397. The van der Waals surface area contributed by atoms with Crippen molar-refractivity contribution >= 4 is 27.5 Å². The molecule has 0 saturated heterocycles. The summed E-state index contributed by atoms with van der Waals surface area (Å²) in [5.41, 5.74) is 2.53. The van der Waals surface area contributed by atoms with Gasteiger partial charge in [0.25, 0.3) is 0 Å². The zero-order chi connectivity index (χ0) is 12.8. The third-order valence-electron chi connectivity index (χ3n) is 2.41. The highest BCUT2D eigenvalue weighted by Gasteiger charge is 2.11. The Balaban J connectivity index is 2.99. The summed E-state index contributed by atoms with van der Waals surface area (Å²) >= 11 is 9.54. The summed E-state index contributed by atoms with van der Waals surface area (Å²) in [7, 11) is 0. The van der Waals surface area contributed by atoms with E-state index < -0.39 is 0 Å². The van der Waals surface area contributed by atoms with Crippen LogP contribution < -0.4 is 5.32 Å². The van der Waals surface area contributed by atoms with Crippen molar-refractivity contribution in [3.05, 3.63) is 44.9 Å². The van der Waals surface area contributed by atoms with E-state index in [1.807, 2.05) is 12.1 Å². The molecule has 0 aliphatic heterocycles. The molecule has 94 valence electrons. The van der Waals surface area contributed by atoms with Crippen molar-refractivity contribution in [2.24, 2.45) is 0 Å². The highest BCUT2D eigenvalue weighted by atomic mass is 79.9. The van der Waals surface area contributed by atoms with Gasteiger partial charge in [-0.3, -0.25) is 0 Å². The van der Waals surface area contributed by atoms with Gasteiger partial charge < -0.3 is 5.32 Å². The van der Waals surface area contributed by atoms with E-state index in [2.05, 4.69) is 54.2 Å². The van der Waals surface area contributed by atoms with E-state index in [9.17, 15) is 0 Å². The van der Waals surface area contributed by atoms with Crippen LogP contribution >= 0.6 is 27.5 Å². The molecule has 0 amide bonds. The fourth-order valence-electron chi connectivity index (χ4n) is 1.65. The summed E-state index contributed by atoms with van der Waals surface area (Å²) in [5, 5.41) is 4.28. The summed E-state index contributed by atoms with van der Waals surface area (Å²) < 4.78 is 1.05. The van der Waals surface area contributed by atoms with Crippen LogP contribution in [0.2, 0.25) is 5.02 Å². The second-order valence-electron chi connectivity index (χ2n) is 4.34. The van der Waals surface area contributed by atoms with Crippen molar-refractivity contribution < 1.29 is 0 Å². The van der Waals surface area contributed by atoms with Crippen LogP contribution in [-0.4, -0.2) is 6.54 Å². The van der Waals surface area contributed by atoms with E-state index in [0.717, 1.165) is 22.5 Å². The maximum atomic E-state index is 5.97. The Morgan fingerprint density at radius 1 is 1.47 bits per heavy atom. The topological polar surface area (TPSA) is 12.0 Å². The molecule has 1 unspecified atom stereocenters. The summed E-state index contributed by atoms with van der Waals surface area (Å²) in [6.45, 7) is 7.40. The number of allylic oxidation sites excluding steroid dienone is 1. The molecule has 1 rings (SSSR count). The highest BCUT2D eigenvalue weighted by molar-refractivity contribution is 9.10. The summed E-state index contributed by atoms with van der Waals surface area (Å²) in [5.74, 6) is 0. The molecular weight excluding hydrogens is 298 g/mol. The third kappa shape index (κ3) is 4.82. The molecule has 0 bridgehead atoms. The maximum absolute atomic E-state index is 5.97. The van der Waals surface area contributed by atoms with E-state index in [-0.39, 0.29) is 6.04 Å². The molecule has 17 heavy (non-hydrogen) atoms. The molecule has 0 saturated carbocycles. The van der Waals surface area contributed by atoms with E-state index >= 15 is 0 Å². The van der Waals surface area contributed by atoms with Crippen LogP contribution in [0.1, 0.15) is 38.8 Å².